The molecule has 1 saturated carbocycles. The van der Waals surface area contributed by atoms with E-state index in [1.807, 2.05) is 24.4 Å². The Morgan fingerprint density at radius 2 is 1.87 bits per heavy atom. The van der Waals surface area contributed by atoms with Crippen LogP contribution in [0.3, 0.4) is 0 Å². The number of pyridine rings is 1. The van der Waals surface area contributed by atoms with E-state index in [9.17, 15) is 0 Å². The van der Waals surface area contributed by atoms with Gasteiger partial charge in [-0.05, 0) is 55.9 Å². The van der Waals surface area contributed by atoms with Gasteiger partial charge in [-0.1, -0.05) is 6.07 Å². The zero-order valence-electron chi connectivity index (χ0n) is 13.3. The summed E-state index contributed by atoms with van der Waals surface area (Å²) in [6.07, 6.45) is 8.58. The van der Waals surface area contributed by atoms with E-state index < -0.39 is 0 Å². The van der Waals surface area contributed by atoms with Crippen LogP contribution in [-0.2, 0) is 0 Å². The summed E-state index contributed by atoms with van der Waals surface area (Å²) in [6, 6.07) is 11.2. The molecule has 2 fully saturated rings. The third-order valence-electron chi connectivity index (χ3n) is 4.89. The van der Waals surface area contributed by atoms with Gasteiger partial charge in [0.05, 0.1) is 11.7 Å². The van der Waals surface area contributed by atoms with Crippen molar-refractivity contribution >= 4 is 5.82 Å². The molecule has 5 nitrogen and oxygen atoms in total. The third-order valence-corrected chi connectivity index (χ3v) is 4.89. The Morgan fingerprint density at radius 3 is 2.52 bits per heavy atom. The molecule has 4 rings (SSSR count). The van der Waals surface area contributed by atoms with Crippen molar-refractivity contribution in [3.8, 4) is 0 Å². The molecule has 1 atom stereocenters. The number of nitrogens with one attached hydrogen (secondary N) is 1. The lowest BCUT2D eigenvalue weighted by molar-refractivity contribution is 0.344. The molecule has 0 radical (unpaired) electrons. The Bertz CT molecular complexity index is 606. The molecule has 3 heterocycles. The predicted octanol–water partition coefficient (Wildman–Crippen LogP) is 2.58. The average molecular weight is 309 g/mol. The van der Waals surface area contributed by atoms with Gasteiger partial charge in [-0.25, -0.2) is 0 Å². The lowest BCUT2D eigenvalue weighted by atomic mass is 10.0. The summed E-state index contributed by atoms with van der Waals surface area (Å²) < 4.78 is 0. The Labute approximate surface area is 137 Å². The maximum atomic E-state index is 4.58. The van der Waals surface area contributed by atoms with Crippen LogP contribution in [0.5, 0.6) is 0 Å². The van der Waals surface area contributed by atoms with E-state index in [4.69, 9.17) is 0 Å². The Balaban J connectivity index is 1.37. The fourth-order valence-electron chi connectivity index (χ4n) is 3.44. The molecule has 5 heteroatoms. The fourth-order valence-corrected chi connectivity index (χ4v) is 3.44. The highest BCUT2D eigenvalue weighted by Crippen LogP contribution is 2.41. The second-order valence-electron chi connectivity index (χ2n) is 6.58. The van der Waals surface area contributed by atoms with Crippen LogP contribution in [-0.4, -0.2) is 34.3 Å². The summed E-state index contributed by atoms with van der Waals surface area (Å²) in [7, 11) is 0. The van der Waals surface area contributed by atoms with Gasteiger partial charge in [0.2, 0.25) is 0 Å². The van der Waals surface area contributed by atoms with Crippen molar-refractivity contribution in [1.82, 2.24) is 20.5 Å². The van der Waals surface area contributed by atoms with Gasteiger partial charge < -0.3 is 10.2 Å². The molecule has 2 aliphatic rings. The number of hydrogen-bond acceptors (Lipinski definition) is 5. The molecule has 1 saturated heterocycles. The van der Waals surface area contributed by atoms with Crippen molar-refractivity contribution in [2.45, 2.75) is 37.8 Å². The zero-order chi connectivity index (χ0) is 15.5. The molecular formula is C18H23N5. The maximum Gasteiger partial charge on any atom is 0.151 e. The van der Waals surface area contributed by atoms with Crippen molar-refractivity contribution in [3.05, 3.63) is 48.4 Å². The minimum Gasteiger partial charge on any atom is -0.355 e. The first-order valence-electron chi connectivity index (χ1n) is 8.60. The van der Waals surface area contributed by atoms with Crippen LogP contribution in [0.4, 0.5) is 5.82 Å². The Hall–Kier alpha value is -2.01. The van der Waals surface area contributed by atoms with Crippen LogP contribution < -0.4 is 10.2 Å². The molecule has 0 bridgehead atoms. The number of anilines is 1. The van der Waals surface area contributed by atoms with E-state index in [1.165, 1.54) is 18.5 Å². The molecular weight excluding hydrogens is 286 g/mol. The van der Waals surface area contributed by atoms with Gasteiger partial charge in [-0.15, -0.1) is 5.10 Å². The predicted molar refractivity (Wildman–Crippen MR) is 90.1 cm³/mol. The van der Waals surface area contributed by atoms with Crippen molar-refractivity contribution in [3.63, 3.8) is 0 Å². The smallest absolute Gasteiger partial charge is 0.151 e. The SMILES string of the molecule is c1ccc(C(NC2CCN(c3cccnn3)CC2)C2CC2)nc1. The summed E-state index contributed by atoms with van der Waals surface area (Å²) >= 11 is 0. The van der Waals surface area contributed by atoms with Gasteiger partial charge in [-0.3, -0.25) is 4.98 Å². The van der Waals surface area contributed by atoms with E-state index in [2.05, 4.69) is 37.5 Å². The standard InChI is InChI=1S/C18H23N5/c1-2-10-19-16(4-1)18(14-6-7-14)21-15-8-12-23(13-9-15)17-5-3-11-20-22-17/h1-5,10-11,14-15,18,21H,6-9,12-13H2. The van der Waals surface area contributed by atoms with Crippen molar-refractivity contribution in [2.24, 2.45) is 5.92 Å². The molecule has 120 valence electrons. The molecule has 0 spiro atoms. The van der Waals surface area contributed by atoms with Crippen molar-refractivity contribution in [1.29, 1.82) is 0 Å². The minimum atomic E-state index is 0.421. The largest absolute Gasteiger partial charge is 0.355 e. The first kappa shape index (κ1) is 14.6. The lowest BCUT2D eigenvalue weighted by Gasteiger charge is -2.35. The topological polar surface area (TPSA) is 53.9 Å². The van der Waals surface area contributed by atoms with Gasteiger partial charge in [-0.2, -0.15) is 5.10 Å². The molecule has 0 amide bonds. The van der Waals surface area contributed by atoms with Gasteiger partial charge in [0.25, 0.3) is 0 Å². The number of nitrogens with zero attached hydrogens (tertiary/aromatic N) is 4. The van der Waals surface area contributed by atoms with Crippen LogP contribution in [0.1, 0.15) is 37.4 Å². The minimum absolute atomic E-state index is 0.421. The highest BCUT2D eigenvalue weighted by molar-refractivity contribution is 5.36. The summed E-state index contributed by atoms with van der Waals surface area (Å²) in [5.74, 6) is 1.76. The van der Waals surface area contributed by atoms with E-state index >= 15 is 0 Å². The van der Waals surface area contributed by atoms with Gasteiger partial charge in [0.15, 0.2) is 5.82 Å². The summed E-state index contributed by atoms with van der Waals surface area (Å²) in [4.78, 5) is 6.91. The highest BCUT2D eigenvalue weighted by Gasteiger charge is 2.35. The van der Waals surface area contributed by atoms with Crippen molar-refractivity contribution in [2.75, 3.05) is 18.0 Å². The van der Waals surface area contributed by atoms with E-state index in [1.54, 1.807) is 6.20 Å². The number of hydrogen-bond donors (Lipinski definition) is 1. The van der Waals surface area contributed by atoms with E-state index in [0.717, 1.165) is 37.7 Å². The van der Waals surface area contributed by atoms with Crippen molar-refractivity contribution < 1.29 is 0 Å². The Morgan fingerprint density at radius 1 is 1.00 bits per heavy atom. The van der Waals surface area contributed by atoms with Crippen LogP contribution in [0, 0.1) is 5.92 Å². The first-order valence-corrected chi connectivity index (χ1v) is 8.60. The average Bonchev–Trinajstić information content (AvgIpc) is 3.47. The summed E-state index contributed by atoms with van der Waals surface area (Å²) in [5.41, 5.74) is 1.20. The molecule has 1 aliphatic heterocycles. The fraction of sp³-hybridized carbons (Fsp3) is 0.500. The van der Waals surface area contributed by atoms with Gasteiger partial charge in [0.1, 0.15) is 0 Å². The van der Waals surface area contributed by atoms with Crippen LogP contribution in [0.2, 0.25) is 0 Å². The van der Waals surface area contributed by atoms with Crippen LogP contribution >= 0.6 is 0 Å². The molecule has 2 aromatic rings. The molecule has 1 aliphatic carbocycles. The first-order chi connectivity index (χ1) is 11.4. The molecule has 0 aromatic carbocycles. The van der Waals surface area contributed by atoms with Gasteiger partial charge >= 0.3 is 0 Å². The van der Waals surface area contributed by atoms with Crippen LogP contribution in [0.25, 0.3) is 0 Å². The third kappa shape index (κ3) is 3.50. The highest BCUT2D eigenvalue weighted by atomic mass is 15.3. The van der Waals surface area contributed by atoms with Crippen LogP contribution in [0.15, 0.2) is 42.7 Å². The molecule has 2 aromatic heterocycles. The maximum absolute atomic E-state index is 4.58. The Kier molecular flexibility index (Phi) is 4.20. The number of rotatable bonds is 5. The monoisotopic (exact) mass is 309 g/mol. The lowest BCUT2D eigenvalue weighted by Crippen LogP contribution is -2.44. The zero-order valence-corrected chi connectivity index (χ0v) is 13.3. The second-order valence-corrected chi connectivity index (χ2v) is 6.58. The quantitative estimate of drug-likeness (QED) is 0.920. The summed E-state index contributed by atoms with van der Waals surface area (Å²) in [5, 5.41) is 12.1. The number of aromatic nitrogens is 3. The number of piperidine rings is 1. The van der Waals surface area contributed by atoms with E-state index in [-0.39, 0.29) is 0 Å². The summed E-state index contributed by atoms with van der Waals surface area (Å²) in [6.45, 7) is 2.08. The molecule has 1 N–H and O–H groups in total. The molecule has 1 unspecified atom stereocenters. The molecule has 23 heavy (non-hydrogen) atoms. The van der Waals surface area contributed by atoms with E-state index in [0.29, 0.717) is 12.1 Å². The second kappa shape index (κ2) is 6.62. The van der Waals surface area contributed by atoms with Gasteiger partial charge in [0, 0.05) is 31.5 Å². The normalized spacial score (nSPS) is 20.4.